The van der Waals surface area contributed by atoms with Gasteiger partial charge in [0.1, 0.15) is 0 Å². The minimum atomic E-state index is 0. The minimum Gasteiger partial charge on any atom is -0.477 e. The molecule has 6 nitrogen and oxygen atoms in total. The third-order valence-corrected chi connectivity index (χ3v) is 3.78. The van der Waals surface area contributed by atoms with Crippen LogP contribution in [0.15, 0.2) is 23.3 Å². The van der Waals surface area contributed by atoms with Gasteiger partial charge in [0.2, 0.25) is 5.88 Å². The number of guanidine groups is 1. The second kappa shape index (κ2) is 12.3. The molecule has 0 aromatic carbocycles. The monoisotopic (exact) mass is 448 g/mol. The summed E-state index contributed by atoms with van der Waals surface area (Å²) in [7, 11) is 1.77. The van der Waals surface area contributed by atoms with Gasteiger partial charge in [-0.15, -0.1) is 24.0 Å². The molecule has 1 fully saturated rings. The van der Waals surface area contributed by atoms with E-state index >= 15 is 0 Å². The summed E-state index contributed by atoms with van der Waals surface area (Å²) in [4.78, 5) is 8.57. The molecule has 1 saturated heterocycles. The standard InChI is InChI=1S/C17H28N4O2.HI/c1-3-4-10-23-16-14(7-5-9-19-16)12-20-17(18-2)21-13-15-8-6-11-22-15;/h5,7,9,15H,3-4,6,8,10-13H2,1-2H3,(H2,18,20,21);1H. The van der Waals surface area contributed by atoms with Crippen LogP contribution in [0.25, 0.3) is 0 Å². The van der Waals surface area contributed by atoms with E-state index in [4.69, 9.17) is 9.47 Å². The number of pyridine rings is 1. The van der Waals surface area contributed by atoms with Gasteiger partial charge >= 0.3 is 0 Å². The maximum absolute atomic E-state index is 5.75. The molecule has 136 valence electrons. The number of aromatic nitrogens is 1. The van der Waals surface area contributed by atoms with Gasteiger partial charge in [-0.2, -0.15) is 0 Å². The van der Waals surface area contributed by atoms with Crippen molar-refractivity contribution in [2.75, 3.05) is 26.8 Å². The predicted molar refractivity (Wildman–Crippen MR) is 107 cm³/mol. The van der Waals surface area contributed by atoms with E-state index in [0.717, 1.165) is 50.4 Å². The highest BCUT2D eigenvalue weighted by molar-refractivity contribution is 14.0. The van der Waals surface area contributed by atoms with Gasteiger partial charge in [-0.1, -0.05) is 19.4 Å². The van der Waals surface area contributed by atoms with Crippen molar-refractivity contribution in [3.8, 4) is 5.88 Å². The molecule has 0 amide bonds. The molecule has 1 aliphatic heterocycles. The number of ether oxygens (including phenoxy) is 2. The average Bonchev–Trinajstić information content (AvgIpc) is 3.10. The number of hydrogen-bond acceptors (Lipinski definition) is 4. The molecular formula is C17H29IN4O2. The van der Waals surface area contributed by atoms with Gasteiger partial charge in [0.15, 0.2) is 5.96 Å². The highest BCUT2D eigenvalue weighted by Gasteiger charge is 2.15. The zero-order valence-corrected chi connectivity index (χ0v) is 16.9. The Hall–Kier alpha value is -1.09. The molecule has 1 aromatic rings. The lowest BCUT2D eigenvalue weighted by molar-refractivity contribution is 0.114. The molecule has 0 saturated carbocycles. The SMILES string of the molecule is CCCCOc1ncccc1CNC(=NC)NCC1CCCO1.I. The summed E-state index contributed by atoms with van der Waals surface area (Å²) in [6, 6.07) is 3.95. The van der Waals surface area contributed by atoms with Gasteiger partial charge in [0, 0.05) is 38.5 Å². The Morgan fingerprint density at radius 1 is 1.46 bits per heavy atom. The number of nitrogens with zero attached hydrogens (tertiary/aromatic N) is 2. The zero-order chi connectivity index (χ0) is 16.3. The topological polar surface area (TPSA) is 67.8 Å². The van der Waals surface area contributed by atoms with Gasteiger partial charge in [0.05, 0.1) is 12.7 Å². The van der Waals surface area contributed by atoms with E-state index in [1.807, 2.05) is 12.1 Å². The normalized spacial score (nSPS) is 17.2. The average molecular weight is 448 g/mol. The van der Waals surface area contributed by atoms with Gasteiger partial charge in [-0.3, -0.25) is 4.99 Å². The molecule has 2 rings (SSSR count). The smallest absolute Gasteiger partial charge is 0.218 e. The third kappa shape index (κ3) is 7.21. The van der Waals surface area contributed by atoms with E-state index in [1.165, 1.54) is 0 Å². The second-order valence-corrected chi connectivity index (χ2v) is 5.61. The van der Waals surface area contributed by atoms with Crippen molar-refractivity contribution in [3.05, 3.63) is 23.9 Å². The van der Waals surface area contributed by atoms with Crippen molar-refractivity contribution in [2.24, 2.45) is 4.99 Å². The fraction of sp³-hybridized carbons (Fsp3) is 0.647. The molecule has 0 aliphatic carbocycles. The minimum absolute atomic E-state index is 0. The molecule has 24 heavy (non-hydrogen) atoms. The first kappa shape index (κ1) is 21.0. The van der Waals surface area contributed by atoms with E-state index in [-0.39, 0.29) is 24.0 Å². The summed E-state index contributed by atoms with van der Waals surface area (Å²) in [6.07, 6.45) is 6.46. The molecule has 7 heteroatoms. The van der Waals surface area contributed by atoms with Crippen molar-refractivity contribution >= 4 is 29.9 Å². The maximum Gasteiger partial charge on any atom is 0.218 e. The Morgan fingerprint density at radius 3 is 3.04 bits per heavy atom. The Kier molecular flexibility index (Phi) is 10.7. The molecule has 0 spiro atoms. The van der Waals surface area contributed by atoms with Crippen molar-refractivity contribution in [3.63, 3.8) is 0 Å². The Bertz CT molecular complexity index is 493. The Morgan fingerprint density at radius 2 is 2.33 bits per heavy atom. The Balaban J connectivity index is 0.00000288. The molecule has 1 atom stereocenters. The number of unbranched alkanes of at least 4 members (excludes halogenated alkanes) is 1. The first-order valence-electron chi connectivity index (χ1n) is 8.46. The number of aliphatic imine (C=N–C) groups is 1. The second-order valence-electron chi connectivity index (χ2n) is 5.61. The van der Waals surface area contributed by atoms with E-state index in [1.54, 1.807) is 13.2 Å². The van der Waals surface area contributed by atoms with Crippen LogP contribution >= 0.6 is 24.0 Å². The molecule has 0 radical (unpaired) electrons. The number of nitrogens with one attached hydrogen (secondary N) is 2. The van der Waals surface area contributed by atoms with Crippen molar-refractivity contribution in [1.29, 1.82) is 0 Å². The number of halogens is 1. The summed E-state index contributed by atoms with van der Waals surface area (Å²) in [6.45, 7) is 5.13. The lowest BCUT2D eigenvalue weighted by Crippen LogP contribution is -2.40. The molecular weight excluding hydrogens is 419 g/mol. The first-order valence-corrected chi connectivity index (χ1v) is 8.46. The zero-order valence-electron chi connectivity index (χ0n) is 14.6. The molecule has 2 heterocycles. The number of hydrogen-bond donors (Lipinski definition) is 2. The van der Waals surface area contributed by atoms with E-state index < -0.39 is 0 Å². The summed E-state index contributed by atoms with van der Waals surface area (Å²) in [5.74, 6) is 1.46. The fourth-order valence-electron chi connectivity index (χ4n) is 2.42. The largest absolute Gasteiger partial charge is 0.477 e. The molecule has 2 N–H and O–H groups in total. The van der Waals surface area contributed by atoms with Crippen LogP contribution in [0.4, 0.5) is 0 Å². The highest BCUT2D eigenvalue weighted by atomic mass is 127. The van der Waals surface area contributed by atoms with Crippen LogP contribution < -0.4 is 15.4 Å². The van der Waals surface area contributed by atoms with E-state index in [0.29, 0.717) is 25.1 Å². The van der Waals surface area contributed by atoms with Crippen molar-refractivity contribution in [1.82, 2.24) is 15.6 Å². The highest BCUT2D eigenvalue weighted by Crippen LogP contribution is 2.14. The van der Waals surface area contributed by atoms with Crippen LogP contribution in [0.5, 0.6) is 5.88 Å². The number of rotatable bonds is 8. The van der Waals surface area contributed by atoms with Crippen LogP contribution in [-0.2, 0) is 11.3 Å². The molecule has 1 aliphatic rings. The van der Waals surface area contributed by atoms with Crippen LogP contribution in [0.3, 0.4) is 0 Å². The summed E-state index contributed by atoms with van der Waals surface area (Å²) >= 11 is 0. The lowest BCUT2D eigenvalue weighted by Gasteiger charge is -2.16. The first-order chi connectivity index (χ1) is 11.3. The summed E-state index contributed by atoms with van der Waals surface area (Å²) in [5, 5.41) is 6.61. The molecule has 1 unspecified atom stereocenters. The van der Waals surface area contributed by atoms with Crippen molar-refractivity contribution in [2.45, 2.75) is 45.3 Å². The fourth-order valence-corrected chi connectivity index (χ4v) is 2.42. The van der Waals surface area contributed by atoms with Crippen LogP contribution in [0.2, 0.25) is 0 Å². The molecule has 0 bridgehead atoms. The van der Waals surface area contributed by atoms with Gasteiger partial charge in [0.25, 0.3) is 0 Å². The maximum atomic E-state index is 5.75. The van der Waals surface area contributed by atoms with Gasteiger partial charge in [-0.05, 0) is 25.3 Å². The van der Waals surface area contributed by atoms with Crippen LogP contribution in [-0.4, -0.2) is 43.9 Å². The van der Waals surface area contributed by atoms with Crippen LogP contribution in [0.1, 0.15) is 38.2 Å². The predicted octanol–water partition coefficient (Wildman–Crippen LogP) is 2.72. The quantitative estimate of drug-likeness (QED) is 0.277. The lowest BCUT2D eigenvalue weighted by atomic mass is 10.2. The van der Waals surface area contributed by atoms with Gasteiger partial charge < -0.3 is 20.1 Å². The molecule has 1 aromatic heterocycles. The Labute approximate surface area is 161 Å². The van der Waals surface area contributed by atoms with E-state index in [9.17, 15) is 0 Å². The summed E-state index contributed by atoms with van der Waals surface area (Å²) < 4.78 is 11.4. The van der Waals surface area contributed by atoms with Crippen LogP contribution in [0, 0.1) is 0 Å². The summed E-state index contributed by atoms with van der Waals surface area (Å²) in [5.41, 5.74) is 1.03. The third-order valence-electron chi connectivity index (χ3n) is 3.78. The van der Waals surface area contributed by atoms with Crippen molar-refractivity contribution < 1.29 is 9.47 Å². The van der Waals surface area contributed by atoms with Gasteiger partial charge in [-0.25, -0.2) is 4.98 Å². The van der Waals surface area contributed by atoms with E-state index in [2.05, 4.69) is 27.5 Å².